The minimum Gasteiger partial charge on any atom is -0.369 e. The lowest BCUT2D eigenvalue weighted by molar-refractivity contribution is -0.137. The van der Waals surface area contributed by atoms with Crippen molar-refractivity contribution in [2.75, 3.05) is 13.1 Å². The smallest absolute Gasteiger partial charge is 0.369 e. The van der Waals surface area contributed by atoms with Crippen LogP contribution in [-0.2, 0) is 11.0 Å². The van der Waals surface area contributed by atoms with E-state index in [-0.39, 0.29) is 12.1 Å². The Hall–Kier alpha value is -1.63. The van der Waals surface area contributed by atoms with Crippen LogP contribution in [0.4, 0.5) is 17.6 Å². The number of alkyl halides is 3. The lowest BCUT2D eigenvalue weighted by Gasteiger charge is -2.17. The van der Waals surface area contributed by atoms with Crippen molar-refractivity contribution in [3.63, 3.8) is 0 Å². The molecule has 0 radical (unpaired) electrons. The molecule has 1 atom stereocenters. The molecule has 1 saturated carbocycles. The second-order valence-corrected chi connectivity index (χ2v) is 5.29. The van der Waals surface area contributed by atoms with Crippen LogP contribution in [0.3, 0.4) is 0 Å². The number of carbonyl (C=O) groups excluding carboxylic acids is 1. The summed E-state index contributed by atoms with van der Waals surface area (Å²) in [6.07, 6.45) is -2.39. The number of hydrogen-bond acceptors (Lipinski definition) is 2. The molecule has 0 heterocycles. The van der Waals surface area contributed by atoms with Gasteiger partial charge in [-0.3, -0.25) is 4.79 Å². The number of primary amides is 1. The van der Waals surface area contributed by atoms with Gasteiger partial charge in [0.05, 0.1) is 11.5 Å². The molecular formula is C14H16F4N2O. The first-order chi connectivity index (χ1) is 9.79. The van der Waals surface area contributed by atoms with Crippen LogP contribution in [0.5, 0.6) is 0 Å². The lowest BCUT2D eigenvalue weighted by Crippen LogP contribution is -2.33. The SMILES string of the molecule is NC(=O)[C@H](CNCC1CC1)c1ccc(C(F)(F)F)cc1F. The average molecular weight is 304 g/mol. The summed E-state index contributed by atoms with van der Waals surface area (Å²) in [5, 5.41) is 3.01. The van der Waals surface area contributed by atoms with Crippen molar-refractivity contribution >= 4 is 5.91 Å². The van der Waals surface area contributed by atoms with Crippen LogP contribution in [0.15, 0.2) is 18.2 Å². The Morgan fingerprint density at radius 3 is 2.52 bits per heavy atom. The van der Waals surface area contributed by atoms with Crippen LogP contribution in [0.25, 0.3) is 0 Å². The predicted molar refractivity (Wildman–Crippen MR) is 68.9 cm³/mol. The summed E-state index contributed by atoms with van der Waals surface area (Å²) in [4.78, 5) is 11.4. The Bertz CT molecular complexity index is 526. The van der Waals surface area contributed by atoms with Crippen molar-refractivity contribution in [3.8, 4) is 0 Å². The Balaban J connectivity index is 2.13. The molecule has 3 N–H and O–H groups in total. The fraction of sp³-hybridized carbons (Fsp3) is 0.500. The van der Waals surface area contributed by atoms with E-state index in [1.165, 1.54) is 0 Å². The van der Waals surface area contributed by atoms with Gasteiger partial charge in [-0.2, -0.15) is 13.2 Å². The third-order valence-electron chi connectivity index (χ3n) is 3.53. The van der Waals surface area contributed by atoms with Crippen molar-refractivity contribution in [1.82, 2.24) is 5.32 Å². The van der Waals surface area contributed by atoms with Crippen molar-refractivity contribution in [2.45, 2.75) is 24.9 Å². The Labute approximate surface area is 119 Å². The normalized spacial score (nSPS) is 16.8. The molecule has 3 nitrogen and oxygen atoms in total. The molecule has 7 heteroatoms. The van der Waals surface area contributed by atoms with Gasteiger partial charge in [0.25, 0.3) is 0 Å². The van der Waals surface area contributed by atoms with E-state index in [0.717, 1.165) is 25.0 Å². The van der Waals surface area contributed by atoms with Crippen molar-refractivity contribution in [2.24, 2.45) is 11.7 Å². The van der Waals surface area contributed by atoms with E-state index >= 15 is 0 Å². The van der Waals surface area contributed by atoms with Gasteiger partial charge >= 0.3 is 6.18 Å². The highest BCUT2D eigenvalue weighted by Gasteiger charge is 2.32. The fourth-order valence-corrected chi connectivity index (χ4v) is 2.10. The maximum atomic E-state index is 13.9. The van der Waals surface area contributed by atoms with Gasteiger partial charge in [-0.15, -0.1) is 0 Å². The quantitative estimate of drug-likeness (QED) is 0.793. The van der Waals surface area contributed by atoms with Gasteiger partial charge in [0.2, 0.25) is 5.91 Å². The second-order valence-electron chi connectivity index (χ2n) is 5.29. The standard InChI is InChI=1S/C14H16F4N2O/c15-12-5-9(14(16,17)18)3-4-10(12)11(13(19)21)7-20-6-8-1-2-8/h3-5,8,11,20H,1-2,6-7H2,(H2,19,21)/t11-/m1/s1. The number of halogens is 4. The zero-order valence-corrected chi connectivity index (χ0v) is 11.2. The first-order valence-electron chi connectivity index (χ1n) is 6.65. The summed E-state index contributed by atoms with van der Waals surface area (Å²) in [6.45, 7) is 0.820. The predicted octanol–water partition coefficient (Wildman–Crippen LogP) is 2.41. The number of carbonyl (C=O) groups is 1. The molecule has 0 aliphatic heterocycles. The zero-order chi connectivity index (χ0) is 15.6. The number of hydrogen-bond donors (Lipinski definition) is 2. The van der Waals surface area contributed by atoms with Gasteiger partial charge in [0.15, 0.2) is 0 Å². The monoisotopic (exact) mass is 304 g/mol. The molecule has 0 saturated heterocycles. The maximum absolute atomic E-state index is 13.9. The summed E-state index contributed by atoms with van der Waals surface area (Å²) < 4.78 is 51.3. The van der Waals surface area contributed by atoms with Gasteiger partial charge in [-0.25, -0.2) is 4.39 Å². The Morgan fingerprint density at radius 2 is 2.05 bits per heavy atom. The molecule has 0 bridgehead atoms. The van der Waals surface area contributed by atoms with Crippen LogP contribution < -0.4 is 11.1 Å². The van der Waals surface area contributed by atoms with Crippen LogP contribution in [0.1, 0.15) is 29.9 Å². The van der Waals surface area contributed by atoms with E-state index in [2.05, 4.69) is 5.32 Å². The largest absolute Gasteiger partial charge is 0.416 e. The fourth-order valence-electron chi connectivity index (χ4n) is 2.10. The van der Waals surface area contributed by atoms with E-state index in [1.807, 2.05) is 0 Å². The molecule has 1 aromatic carbocycles. The van der Waals surface area contributed by atoms with E-state index in [1.54, 1.807) is 0 Å². The maximum Gasteiger partial charge on any atom is 0.416 e. The first kappa shape index (κ1) is 15.8. The summed E-state index contributed by atoms with van der Waals surface area (Å²) in [7, 11) is 0. The summed E-state index contributed by atoms with van der Waals surface area (Å²) in [5.74, 6) is -2.25. The third-order valence-corrected chi connectivity index (χ3v) is 3.53. The number of rotatable bonds is 6. The number of amides is 1. The van der Waals surface area contributed by atoms with Crippen LogP contribution >= 0.6 is 0 Å². The van der Waals surface area contributed by atoms with Crippen molar-refractivity contribution in [1.29, 1.82) is 0 Å². The average Bonchev–Trinajstić information content (AvgIpc) is 3.18. The van der Waals surface area contributed by atoms with E-state index in [9.17, 15) is 22.4 Å². The lowest BCUT2D eigenvalue weighted by atomic mass is 9.96. The molecule has 0 aromatic heterocycles. The van der Waals surface area contributed by atoms with Gasteiger partial charge in [-0.05, 0) is 37.4 Å². The molecule has 1 aromatic rings. The molecule has 2 rings (SSSR count). The van der Waals surface area contributed by atoms with E-state index in [0.29, 0.717) is 18.5 Å². The molecule has 0 spiro atoms. The van der Waals surface area contributed by atoms with E-state index < -0.39 is 29.4 Å². The number of nitrogens with one attached hydrogen (secondary N) is 1. The van der Waals surface area contributed by atoms with Crippen LogP contribution in [0.2, 0.25) is 0 Å². The number of benzene rings is 1. The van der Waals surface area contributed by atoms with Crippen LogP contribution in [-0.4, -0.2) is 19.0 Å². The highest BCUT2D eigenvalue weighted by Crippen LogP contribution is 2.32. The minimum atomic E-state index is -4.62. The van der Waals surface area contributed by atoms with Gasteiger partial charge in [0, 0.05) is 12.1 Å². The second kappa shape index (κ2) is 6.01. The molecular weight excluding hydrogens is 288 g/mol. The molecule has 1 amide bonds. The Kier molecular flexibility index (Phi) is 4.51. The minimum absolute atomic E-state index is 0.112. The molecule has 1 aliphatic rings. The molecule has 1 fully saturated rings. The summed E-state index contributed by atoms with van der Waals surface area (Å²) >= 11 is 0. The molecule has 0 unspecified atom stereocenters. The van der Waals surface area contributed by atoms with Gasteiger partial charge < -0.3 is 11.1 Å². The molecule has 116 valence electrons. The Morgan fingerprint density at radius 1 is 1.38 bits per heavy atom. The topological polar surface area (TPSA) is 55.1 Å². The summed E-state index contributed by atoms with van der Waals surface area (Å²) in [6, 6.07) is 2.13. The van der Waals surface area contributed by atoms with Crippen molar-refractivity contribution in [3.05, 3.63) is 35.1 Å². The first-order valence-corrected chi connectivity index (χ1v) is 6.65. The third kappa shape index (κ3) is 4.17. The highest BCUT2D eigenvalue weighted by atomic mass is 19.4. The van der Waals surface area contributed by atoms with Crippen molar-refractivity contribution < 1.29 is 22.4 Å². The number of nitrogens with two attached hydrogens (primary N) is 1. The molecule has 1 aliphatic carbocycles. The molecule has 21 heavy (non-hydrogen) atoms. The highest BCUT2D eigenvalue weighted by molar-refractivity contribution is 5.82. The van der Waals surface area contributed by atoms with Gasteiger partial charge in [-0.1, -0.05) is 6.07 Å². The van der Waals surface area contributed by atoms with E-state index in [4.69, 9.17) is 5.73 Å². The van der Waals surface area contributed by atoms with Gasteiger partial charge in [0.1, 0.15) is 5.82 Å². The summed E-state index contributed by atoms with van der Waals surface area (Å²) in [5.41, 5.74) is 4.03. The zero-order valence-electron chi connectivity index (χ0n) is 11.2. The van der Waals surface area contributed by atoms with Crippen LogP contribution in [0, 0.1) is 11.7 Å².